The number of aromatic nitrogens is 2. The first-order valence-electron chi connectivity index (χ1n) is 9.09. The largest absolute Gasteiger partial charge is 0.365 e. The summed E-state index contributed by atoms with van der Waals surface area (Å²) in [6.45, 7) is 2.34. The van der Waals surface area contributed by atoms with Crippen molar-refractivity contribution in [1.82, 2.24) is 15.1 Å². The monoisotopic (exact) mass is 381 g/mol. The Hall–Kier alpha value is -2.64. The van der Waals surface area contributed by atoms with Gasteiger partial charge in [0.25, 0.3) is 5.91 Å². The van der Waals surface area contributed by atoms with Crippen LogP contribution in [0.2, 0.25) is 0 Å². The predicted octanol–water partition coefficient (Wildman–Crippen LogP) is 3.79. The number of rotatable bonds is 5. The van der Waals surface area contributed by atoms with Crippen LogP contribution in [0, 0.1) is 0 Å². The number of nitrogens with one attached hydrogen (secondary N) is 2. The van der Waals surface area contributed by atoms with E-state index in [2.05, 4.69) is 51.7 Å². The van der Waals surface area contributed by atoms with Gasteiger partial charge in [-0.15, -0.1) is 11.3 Å². The summed E-state index contributed by atoms with van der Waals surface area (Å²) in [6, 6.07) is 14.2. The molecule has 0 atom stereocenters. The van der Waals surface area contributed by atoms with E-state index in [1.165, 1.54) is 42.8 Å². The lowest BCUT2D eigenvalue weighted by atomic mass is 9.89. The van der Waals surface area contributed by atoms with Crippen LogP contribution in [0.15, 0.2) is 42.5 Å². The second kappa shape index (κ2) is 7.54. The standard InChI is InChI=1S/C20H23N5OS/c1-25-10-8-14(9-11-25)13-2-4-15(5-3-13)22-19-12-16(23-24-19)17-6-7-18(27-17)20(21)26/h2-7,12,14H,8-11H2,1H3,(H2,21,26)(H2,22,23,24). The minimum absolute atomic E-state index is 0.412. The van der Waals surface area contributed by atoms with E-state index in [9.17, 15) is 4.79 Å². The van der Waals surface area contributed by atoms with Crippen LogP contribution >= 0.6 is 11.3 Å². The summed E-state index contributed by atoms with van der Waals surface area (Å²) >= 11 is 1.34. The van der Waals surface area contributed by atoms with Crippen molar-refractivity contribution in [1.29, 1.82) is 0 Å². The average molecular weight is 382 g/mol. The number of likely N-dealkylation sites (tertiary alicyclic amines) is 1. The van der Waals surface area contributed by atoms with E-state index in [0.717, 1.165) is 22.1 Å². The van der Waals surface area contributed by atoms with E-state index < -0.39 is 5.91 Å². The van der Waals surface area contributed by atoms with Crippen LogP contribution in [0.5, 0.6) is 0 Å². The highest BCUT2D eigenvalue weighted by Gasteiger charge is 2.18. The summed E-state index contributed by atoms with van der Waals surface area (Å²) in [6.07, 6.45) is 2.45. The molecule has 0 bridgehead atoms. The summed E-state index contributed by atoms with van der Waals surface area (Å²) in [5, 5.41) is 10.7. The molecule has 0 unspecified atom stereocenters. The van der Waals surface area contributed by atoms with Crippen molar-refractivity contribution in [2.24, 2.45) is 5.73 Å². The topological polar surface area (TPSA) is 87.0 Å². The highest BCUT2D eigenvalue weighted by atomic mass is 32.1. The highest BCUT2D eigenvalue weighted by Crippen LogP contribution is 2.30. The molecule has 0 spiro atoms. The molecule has 6 nitrogen and oxygen atoms in total. The number of aromatic amines is 1. The third kappa shape index (κ3) is 4.04. The quantitative estimate of drug-likeness (QED) is 0.627. The number of nitrogens with zero attached hydrogens (tertiary/aromatic N) is 2. The molecule has 3 aromatic rings. The van der Waals surface area contributed by atoms with E-state index in [1.807, 2.05) is 12.1 Å². The van der Waals surface area contributed by atoms with Crippen LogP contribution in [0.1, 0.15) is 34.0 Å². The van der Waals surface area contributed by atoms with E-state index in [0.29, 0.717) is 10.8 Å². The van der Waals surface area contributed by atoms with E-state index >= 15 is 0 Å². The maximum atomic E-state index is 11.2. The number of amides is 1. The van der Waals surface area contributed by atoms with Crippen LogP contribution in [-0.2, 0) is 0 Å². The predicted molar refractivity (Wildman–Crippen MR) is 110 cm³/mol. The normalized spacial score (nSPS) is 15.7. The van der Waals surface area contributed by atoms with E-state index in [-0.39, 0.29) is 0 Å². The van der Waals surface area contributed by atoms with Crippen LogP contribution in [0.25, 0.3) is 10.6 Å². The number of primary amides is 1. The molecule has 3 heterocycles. The maximum Gasteiger partial charge on any atom is 0.258 e. The Bertz CT molecular complexity index is 922. The van der Waals surface area contributed by atoms with Crippen molar-refractivity contribution in [2.75, 3.05) is 25.5 Å². The molecule has 140 valence electrons. The van der Waals surface area contributed by atoms with Crippen LogP contribution in [0.3, 0.4) is 0 Å². The molecule has 1 aliphatic rings. The van der Waals surface area contributed by atoms with Crippen molar-refractivity contribution < 1.29 is 4.79 Å². The minimum Gasteiger partial charge on any atom is -0.365 e. The van der Waals surface area contributed by atoms with Gasteiger partial charge < -0.3 is 16.0 Å². The van der Waals surface area contributed by atoms with Gasteiger partial charge in [0, 0.05) is 11.8 Å². The zero-order valence-electron chi connectivity index (χ0n) is 15.2. The number of nitrogens with two attached hydrogens (primary N) is 1. The molecule has 2 aromatic heterocycles. The average Bonchev–Trinajstić information content (AvgIpc) is 3.32. The van der Waals surface area contributed by atoms with Crippen LogP contribution in [-0.4, -0.2) is 41.1 Å². The molecule has 0 radical (unpaired) electrons. The number of carbonyl (C=O) groups is 1. The molecule has 1 aromatic carbocycles. The number of hydrogen-bond donors (Lipinski definition) is 3. The molecule has 7 heteroatoms. The number of anilines is 2. The first kappa shape index (κ1) is 17.8. The number of piperidine rings is 1. The molecular formula is C20H23N5OS. The highest BCUT2D eigenvalue weighted by molar-refractivity contribution is 7.17. The number of thiophene rings is 1. The zero-order chi connectivity index (χ0) is 18.8. The third-order valence-corrected chi connectivity index (χ3v) is 6.18. The van der Waals surface area contributed by atoms with Crippen molar-refractivity contribution in [3.63, 3.8) is 0 Å². The van der Waals surface area contributed by atoms with Crippen molar-refractivity contribution >= 4 is 28.7 Å². The molecule has 1 fully saturated rings. The van der Waals surface area contributed by atoms with Crippen LogP contribution < -0.4 is 11.1 Å². The Morgan fingerprint density at radius 1 is 1.22 bits per heavy atom. The summed E-state index contributed by atoms with van der Waals surface area (Å²) in [5.74, 6) is 1.06. The van der Waals surface area contributed by atoms with Gasteiger partial charge in [-0.25, -0.2) is 0 Å². The Balaban J connectivity index is 1.42. The van der Waals surface area contributed by atoms with Gasteiger partial charge in [-0.2, -0.15) is 5.10 Å². The van der Waals surface area contributed by atoms with Gasteiger partial charge in [-0.1, -0.05) is 12.1 Å². The Morgan fingerprint density at radius 3 is 2.63 bits per heavy atom. The first-order chi connectivity index (χ1) is 13.1. The minimum atomic E-state index is -0.412. The molecular weight excluding hydrogens is 358 g/mol. The number of carbonyl (C=O) groups excluding carboxylic acids is 1. The second-order valence-electron chi connectivity index (χ2n) is 7.02. The van der Waals surface area contributed by atoms with Gasteiger partial charge in [0.1, 0.15) is 11.5 Å². The molecule has 1 saturated heterocycles. The first-order valence-corrected chi connectivity index (χ1v) is 9.91. The van der Waals surface area contributed by atoms with Gasteiger partial charge in [0.05, 0.1) is 9.75 Å². The van der Waals surface area contributed by atoms with Crippen molar-refractivity contribution in [3.05, 3.63) is 52.9 Å². The van der Waals surface area contributed by atoms with E-state index in [4.69, 9.17) is 5.73 Å². The Kier molecular flexibility index (Phi) is 4.96. The molecule has 1 amide bonds. The Morgan fingerprint density at radius 2 is 1.96 bits per heavy atom. The number of H-pyrrole nitrogens is 1. The zero-order valence-corrected chi connectivity index (χ0v) is 16.1. The summed E-state index contributed by atoms with van der Waals surface area (Å²) in [5.41, 5.74) is 8.54. The fraction of sp³-hybridized carbons (Fsp3) is 0.300. The molecule has 4 N–H and O–H groups in total. The van der Waals surface area contributed by atoms with Gasteiger partial charge in [0.15, 0.2) is 0 Å². The van der Waals surface area contributed by atoms with Gasteiger partial charge in [0.2, 0.25) is 0 Å². The lowest BCUT2D eigenvalue weighted by Crippen LogP contribution is -2.29. The summed E-state index contributed by atoms with van der Waals surface area (Å²) in [7, 11) is 2.19. The van der Waals surface area contributed by atoms with Gasteiger partial charge >= 0.3 is 0 Å². The SMILES string of the molecule is CN1CCC(c2ccc(Nc3cc(-c4ccc(C(N)=O)s4)n[nH]3)cc2)CC1. The molecule has 27 heavy (non-hydrogen) atoms. The lowest BCUT2D eigenvalue weighted by molar-refractivity contribution is 0.100. The Labute approximate surface area is 162 Å². The molecule has 0 saturated carbocycles. The third-order valence-electron chi connectivity index (χ3n) is 5.06. The fourth-order valence-corrected chi connectivity index (χ4v) is 4.27. The van der Waals surface area contributed by atoms with Gasteiger partial charge in [-0.3, -0.25) is 9.89 Å². The molecule has 1 aliphatic heterocycles. The molecule has 4 rings (SSSR count). The van der Waals surface area contributed by atoms with Crippen LogP contribution in [0.4, 0.5) is 11.5 Å². The van der Waals surface area contributed by atoms with Crippen molar-refractivity contribution in [2.45, 2.75) is 18.8 Å². The fourth-order valence-electron chi connectivity index (χ4n) is 3.46. The van der Waals surface area contributed by atoms with Gasteiger partial charge in [-0.05, 0) is 68.7 Å². The lowest BCUT2D eigenvalue weighted by Gasteiger charge is -2.29. The molecule has 0 aliphatic carbocycles. The number of hydrogen-bond acceptors (Lipinski definition) is 5. The summed E-state index contributed by atoms with van der Waals surface area (Å²) < 4.78 is 0. The summed E-state index contributed by atoms with van der Waals surface area (Å²) in [4.78, 5) is 15.1. The number of benzene rings is 1. The smallest absolute Gasteiger partial charge is 0.258 e. The second-order valence-corrected chi connectivity index (χ2v) is 8.10. The van der Waals surface area contributed by atoms with E-state index in [1.54, 1.807) is 6.07 Å². The van der Waals surface area contributed by atoms with Crippen molar-refractivity contribution in [3.8, 4) is 10.6 Å². The maximum absolute atomic E-state index is 11.2.